The largest absolute Gasteiger partial charge is 0.492 e. The maximum Gasteiger partial charge on any atom is 0.245 e. The molecule has 0 radical (unpaired) electrons. The summed E-state index contributed by atoms with van der Waals surface area (Å²) in [4.78, 5) is 13.2. The summed E-state index contributed by atoms with van der Waals surface area (Å²) in [5.41, 5.74) is 3.39. The van der Waals surface area contributed by atoms with E-state index in [1.807, 2.05) is 56.3 Å². The average molecular weight is 487 g/mol. The van der Waals surface area contributed by atoms with Gasteiger partial charge in [0.1, 0.15) is 16.7 Å². The van der Waals surface area contributed by atoms with Crippen molar-refractivity contribution >= 4 is 33.2 Å². The molecule has 0 fully saturated rings. The Hall–Kier alpha value is -2.87. The SMILES string of the molecule is CCOc1ccc(Cl)cc1S(=O)(=O)NC(Cc1ccccc1)C(=O)Nc1cccc(C)c1C. The van der Waals surface area contributed by atoms with Gasteiger partial charge < -0.3 is 10.1 Å². The Balaban J connectivity index is 1.95. The molecule has 0 aliphatic carbocycles. The number of amides is 1. The Morgan fingerprint density at radius 1 is 1.03 bits per heavy atom. The van der Waals surface area contributed by atoms with Gasteiger partial charge in [-0.2, -0.15) is 4.72 Å². The molecule has 1 unspecified atom stereocenters. The molecular weight excluding hydrogens is 460 g/mol. The van der Waals surface area contributed by atoms with Crippen LogP contribution in [-0.4, -0.2) is 27.0 Å². The van der Waals surface area contributed by atoms with Gasteiger partial charge in [-0.3, -0.25) is 4.79 Å². The van der Waals surface area contributed by atoms with E-state index in [0.717, 1.165) is 16.7 Å². The predicted molar refractivity (Wildman–Crippen MR) is 131 cm³/mol. The molecule has 0 saturated heterocycles. The number of halogens is 1. The molecule has 0 aliphatic heterocycles. The van der Waals surface area contributed by atoms with Gasteiger partial charge >= 0.3 is 0 Å². The molecule has 1 atom stereocenters. The molecule has 1 amide bonds. The Morgan fingerprint density at radius 3 is 2.45 bits per heavy atom. The summed E-state index contributed by atoms with van der Waals surface area (Å²) < 4.78 is 34.7. The molecule has 0 bridgehead atoms. The highest BCUT2D eigenvalue weighted by molar-refractivity contribution is 7.89. The molecule has 33 heavy (non-hydrogen) atoms. The normalized spacial score (nSPS) is 12.2. The molecule has 6 nitrogen and oxygen atoms in total. The van der Waals surface area contributed by atoms with Gasteiger partial charge in [0.05, 0.1) is 6.61 Å². The number of carbonyl (C=O) groups is 1. The molecule has 0 aliphatic rings. The topological polar surface area (TPSA) is 84.5 Å². The molecule has 0 saturated carbocycles. The maximum atomic E-state index is 13.3. The van der Waals surface area contributed by atoms with Gasteiger partial charge in [0.2, 0.25) is 15.9 Å². The quantitative estimate of drug-likeness (QED) is 0.451. The summed E-state index contributed by atoms with van der Waals surface area (Å²) in [7, 11) is -4.13. The molecule has 0 spiro atoms. The standard InChI is InChI=1S/C25H27ClN2O4S/c1-4-32-23-14-13-20(26)16-24(23)33(30,31)28-22(15-19-10-6-5-7-11-19)25(29)27-21-12-8-9-17(2)18(21)3/h5-14,16,22,28H,4,15H2,1-3H3,(H,27,29). The van der Waals surface area contributed by atoms with Crippen molar-refractivity contribution in [3.8, 4) is 5.75 Å². The highest BCUT2D eigenvalue weighted by atomic mass is 35.5. The van der Waals surface area contributed by atoms with Crippen LogP contribution in [0.2, 0.25) is 5.02 Å². The van der Waals surface area contributed by atoms with Crippen LogP contribution in [0.1, 0.15) is 23.6 Å². The van der Waals surface area contributed by atoms with E-state index >= 15 is 0 Å². The van der Waals surface area contributed by atoms with Crippen molar-refractivity contribution in [1.82, 2.24) is 4.72 Å². The number of ether oxygens (including phenoxy) is 1. The molecule has 3 rings (SSSR count). The van der Waals surface area contributed by atoms with E-state index in [2.05, 4.69) is 10.0 Å². The number of hydrogen-bond donors (Lipinski definition) is 2. The first kappa shape index (κ1) is 24.8. The van der Waals surface area contributed by atoms with Crippen LogP contribution in [-0.2, 0) is 21.2 Å². The molecule has 3 aromatic rings. The highest BCUT2D eigenvalue weighted by Gasteiger charge is 2.29. The van der Waals surface area contributed by atoms with Crippen LogP contribution >= 0.6 is 11.6 Å². The summed E-state index contributed by atoms with van der Waals surface area (Å²) in [6.07, 6.45) is 0.168. The van der Waals surface area contributed by atoms with Gasteiger partial charge in [0.25, 0.3) is 0 Å². The fourth-order valence-electron chi connectivity index (χ4n) is 3.36. The van der Waals surface area contributed by atoms with Crippen LogP contribution in [0, 0.1) is 13.8 Å². The number of nitrogens with one attached hydrogen (secondary N) is 2. The first-order valence-corrected chi connectivity index (χ1v) is 12.4. The number of aryl methyl sites for hydroxylation is 1. The molecule has 0 aromatic heterocycles. The lowest BCUT2D eigenvalue weighted by molar-refractivity contribution is -0.117. The molecule has 3 aromatic carbocycles. The van der Waals surface area contributed by atoms with E-state index in [1.54, 1.807) is 19.1 Å². The second kappa shape index (κ2) is 10.8. The lowest BCUT2D eigenvalue weighted by Crippen LogP contribution is -2.45. The minimum atomic E-state index is -4.13. The van der Waals surface area contributed by atoms with Crippen molar-refractivity contribution in [1.29, 1.82) is 0 Å². The van der Waals surface area contributed by atoms with Crippen LogP contribution in [0.25, 0.3) is 0 Å². The second-order valence-corrected chi connectivity index (χ2v) is 9.74. The Morgan fingerprint density at radius 2 is 1.76 bits per heavy atom. The van der Waals surface area contributed by atoms with Gasteiger partial charge in [-0.25, -0.2) is 8.42 Å². The maximum absolute atomic E-state index is 13.3. The fraction of sp³-hybridized carbons (Fsp3) is 0.240. The van der Waals surface area contributed by atoms with Crippen LogP contribution in [0.5, 0.6) is 5.75 Å². The molecule has 0 heterocycles. The van der Waals surface area contributed by atoms with E-state index < -0.39 is 22.0 Å². The first-order chi connectivity index (χ1) is 15.7. The number of rotatable bonds is 9. The summed E-state index contributed by atoms with van der Waals surface area (Å²) in [6.45, 7) is 5.89. The lowest BCUT2D eigenvalue weighted by Gasteiger charge is -2.21. The third-order valence-corrected chi connectivity index (χ3v) is 6.98. The minimum Gasteiger partial charge on any atom is -0.492 e. The minimum absolute atomic E-state index is 0.116. The molecular formula is C25H27ClN2O4S. The third-order valence-electron chi connectivity index (χ3n) is 5.25. The number of anilines is 1. The van der Waals surface area contributed by atoms with E-state index in [1.165, 1.54) is 12.1 Å². The predicted octanol–water partition coefficient (Wildman–Crippen LogP) is 4.88. The summed E-state index contributed by atoms with van der Waals surface area (Å²) in [5.74, 6) is -0.293. The van der Waals surface area contributed by atoms with Crippen LogP contribution in [0.15, 0.2) is 71.6 Å². The van der Waals surface area contributed by atoms with Crippen molar-refractivity contribution in [2.75, 3.05) is 11.9 Å². The van der Waals surface area contributed by atoms with E-state index in [9.17, 15) is 13.2 Å². The zero-order valence-corrected chi connectivity index (χ0v) is 20.3. The van der Waals surface area contributed by atoms with Gasteiger partial charge in [-0.15, -0.1) is 0 Å². The third kappa shape index (κ3) is 6.35. The first-order valence-electron chi connectivity index (χ1n) is 10.6. The lowest BCUT2D eigenvalue weighted by atomic mass is 10.0. The van der Waals surface area contributed by atoms with E-state index in [-0.39, 0.29) is 28.7 Å². The van der Waals surface area contributed by atoms with Gasteiger partial charge in [-0.1, -0.05) is 54.1 Å². The summed E-state index contributed by atoms with van der Waals surface area (Å²) >= 11 is 6.06. The van der Waals surface area contributed by atoms with Gasteiger partial charge in [0.15, 0.2) is 0 Å². The summed E-state index contributed by atoms with van der Waals surface area (Å²) in [5, 5.41) is 3.12. The zero-order valence-electron chi connectivity index (χ0n) is 18.8. The molecule has 174 valence electrons. The zero-order chi connectivity index (χ0) is 24.0. The van der Waals surface area contributed by atoms with Gasteiger partial charge in [0, 0.05) is 10.7 Å². The monoisotopic (exact) mass is 486 g/mol. The van der Waals surface area contributed by atoms with E-state index in [4.69, 9.17) is 16.3 Å². The Labute approximate surface area is 200 Å². The van der Waals surface area contributed by atoms with Crippen LogP contribution in [0.3, 0.4) is 0 Å². The van der Waals surface area contributed by atoms with Crippen molar-refractivity contribution in [3.05, 3.63) is 88.4 Å². The van der Waals surface area contributed by atoms with Crippen molar-refractivity contribution in [2.45, 2.75) is 38.1 Å². The van der Waals surface area contributed by atoms with Gasteiger partial charge in [-0.05, 0) is 68.1 Å². The molecule has 8 heteroatoms. The van der Waals surface area contributed by atoms with E-state index in [0.29, 0.717) is 5.69 Å². The second-order valence-electron chi connectivity index (χ2n) is 7.62. The Kier molecular flexibility index (Phi) is 8.13. The Bertz CT molecular complexity index is 1230. The average Bonchev–Trinajstić information content (AvgIpc) is 2.78. The number of hydrogen-bond acceptors (Lipinski definition) is 4. The van der Waals surface area contributed by atoms with Crippen molar-refractivity contribution in [2.24, 2.45) is 0 Å². The van der Waals surface area contributed by atoms with Crippen LogP contribution < -0.4 is 14.8 Å². The smallest absolute Gasteiger partial charge is 0.245 e. The van der Waals surface area contributed by atoms with Crippen molar-refractivity contribution < 1.29 is 17.9 Å². The summed E-state index contributed by atoms with van der Waals surface area (Å²) in [6, 6.07) is 18.1. The van der Waals surface area contributed by atoms with Crippen LogP contribution in [0.4, 0.5) is 5.69 Å². The number of benzene rings is 3. The fourth-order valence-corrected chi connectivity index (χ4v) is 4.96. The highest BCUT2D eigenvalue weighted by Crippen LogP contribution is 2.28. The number of carbonyl (C=O) groups excluding carboxylic acids is 1. The number of sulfonamides is 1. The van der Waals surface area contributed by atoms with Crippen molar-refractivity contribution in [3.63, 3.8) is 0 Å². The molecule has 2 N–H and O–H groups in total.